The van der Waals surface area contributed by atoms with E-state index in [2.05, 4.69) is 42.7 Å². The molecule has 2 aliphatic rings. The first kappa shape index (κ1) is 28.5. The van der Waals surface area contributed by atoms with Gasteiger partial charge < -0.3 is 19.7 Å². The van der Waals surface area contributed by atoms with Crippen LogP contribution in [0.1, 0.15) is 55.2 Å². The second kappa shape index (κ2) is 12.3. The zero-order valence-electron chi connectivity index (χ0n) is 24.5. The van der Waals surface area contributed by atoms with Crippen LogP contribution in [0.15, 0.2) is 53.4 Å². The molecule has 1 unspecified atom stereocenters. The lowest BCUT2D eigenvalue weighted by atomic mass is 9.95. The van der Waals surface area contributed by atoms with Crippen LogP contribution in [-0.4, -0.2) is 63.9 Å². The summed E-state index contributed by atoms with van der Waals surface area (Å²) in [5.41, 5.74) is 5.67. The van der Waals surface area contributed by atoms with Crippen molar-refractivity contribution >= 4 is 39.6 Å². The average molecular weight is 587 g/mol. The summed E-state index contributed by atoms with van der Waals surface area (Å²) in [6.45, 7) is 12.2. The van der Waals surface area contributed by atoms with Crippen molar-refractivity contribution in [3.8, 4) is 5.75 Å². The number of allylic oxidation sites excluding steroid dienone is 1. The first-order valence-corrected chi connectivity index (χ1v) is 15.6. The van der Waals surface area contributed by atoms with Gasteiger partial charge in [-0.1, -0.05) is 20.4 Å². The fourth-order valence-corrected chi connectivity index (χ4v) is 6.52. The highest BCUT2D eigenvalue weighted by Gasteiger charge is 2.24. The minimum absolute atomic E-state index is 0.101. The number of pyridine rings is 1. The van der Waals surface area contributed by atoms with Gasteiger partial charge in [-0.3, -0.25) is 9.36 Å². The maximum absolute atomic E-state index is 14.0. The van der Waals surface area contributed by atoms with E-state index in [4.69, 9.17) is 19.4 Å². The van der Waals surface area contributed by atoms with Gasteiger partial charge in [0.1, 0.15) is 17.5 Å². The summed E-state index contributed by atoms with van der Waals surface area (Å²) in [4.78, 5) is 31.5. The molecular weight excluding hydrogens is 548 g/mol. The number of thiazole rings is 1. The Bertz CT molecular complexity index is 1620. The van der Waals surface area contributed by atoms with Gasteiger partial charge in [0, 0.05) is 59.9 Å². The molecule has 0 radical (unpaired) electrons. The predicted molar refractivity (Wildman–Crippen MR) is 168 cm³/mol. The second-order valence-electron chi connectivity index (χ2n) is 11.6. The Balaban J connectivity index is 1.31. The van der Waals surface area contributed by atoms with Crippen LogP contribution in [0, 0.1) is 5.92 Å². The number of hydrogen-bond donors (Lipinski definition) is 1. The number of nitrogens with one attached hydrogen (secondary N) is 1. The number of likely N-dealkylation sites (N-methyl/N-ethyl adjacent to an activating group) is 1. The number of benzene rings is 1. The van der Waals surface area contributed by atoms with Gasteiger partial charge in [-0.2, -0.15) is 4.98 Å². The lowest BCUT2D eigenvalue weighted by Gasteiger charge is -2.22. The molecule has 5 heterocycles. The summed E-state index contributed by atoms with van der Waals surface area (Å²) in [5, 5.41) is 4.10. The van der Waals surface area contributed by atoms with Crippen LogP contribution in [0.5, 0.6) is 5.75 Å². The first-order chi connectivity index (χ1) is 20.4. The topological polar surface area (TPSA) is 94.4 Å². The monoisotopic (exact) mass is 586 g/mol. The first-order valence-electron chi connectivity index (χ1n) is 14.7. The molecule has 1 atom stereocenters. The van der Waals surface area contributed by atoms with E-state index in [0.717, 1.165) is 78.5 Å². The molecule has 0 saturated carbocycles. The number of aromatic nitrogens is 4. The Morgan fingerprint density at radius 2 is 1.98 bits per heavy atom. The maximum Gasteiger partial charge on any atom is 0.260 e. The van der Waals surface area contributed by atoms with Crippen LogP contribution in [-0.2, 0) is 11.3 Å². The zero-order chi connectivity index (χ0) is 29.2. The summed E-state index contributed by atoms with van der Waals surface area (Å²) in [6, 6.07) is 9.72. The average Bonchev–Trinajstić information content (AvgIpc) is 3.64. The van der Waals surface area contributed by atoms with Crippen LogP contribution in [0.2, 0.25) is 0 Å². The van der Waals surface area contributed by atoms with Gasteiger partial charge in [0.2, 0.25) is 5.95 Å². The van der Waals surface area contributed by atoms with E-state index in [0.29, 0.717) is 29.6 Å². The predicted octanol–water partition coefficient (Wildman–Crippen LogP) is 5.69. The molecule has 2 fully saturated rings. The molecule has 3 aromatic heterocycles. The molecule has 10 heteroatoms. The molecule has 6 rings (SSSR count). The Morgan fingerprint density at radius 3 is 2.69 bits per heavy atom. The summed E-state index contributed by atoms with van der Waals surface area (Å²) < 4.78 is 13.5. The molecule has 4 aromatic rings. The number of anilines is 2. The molecule has 0 aliphatic carbocycles. The van der Waals surface area contributed by atoms with E-state index in [1.54, 1.807) is 22.1 Å². The Labute approximate surface area is 250 Å². The summed E-state index contributed by atoms with van der Waals surface area (Å²) in [5.74, 6) is 1.74. The van der Waals surface area contributed by atoms with E-state index in [9.17, 15) is 4.79 Å². The van der Waals surface area contributed by atoms with E-state index >= 15 is 0 Å². The fourth-order valence-electron chi connectivity index (χ4n) is 5.68. The van der Waals surface area contributed by atoms with Crippen molar-refractivity contribution in [2.45, 2.75) is 51.7 Å². The SMILES string of the molecule is C=C(c1cc2cnc(Nc3ccc(OC4CCN(C)C4)cc3)nc2n(Cc2scnc2C2CCOCC2)c1=O)C(C)C. The number of hydrogen-bond acceptors (Lipinski definition) is 9. The summed E-state index contributed by atoms with van der Waals surface area (Å²) in [6.07, 6.45) is 4.91. The molecule has 1 N–H and O–H groups in total. The quantitative estimate of drug-likeness (QED) is 0.268. The minimum atomic E-state index is -0.101. The molecule has 0 bridgehead atoms. The molecule has 2 aliphatic heterocycles. The Morgan fingerprint density at radius 1 is 1.19 bits per heavy atom. The fraction of sp³-hybridized carbons (Fsp3) is 0.438. The van der Waals surface area contributed by atoms with E-state index < -0.39 is 0 Å². The standard InChI is InChI=1S/C32H38N6O3S/c1-20(2)21(3)27-15-23-16-33-32(35-24-5-7-25(8-6-24)41-26-9-12-37(4)17-26)36-30(23)38(31(27)39)18-28-29(34-19-42-28)22-10-13-40-14-11-22/h5-8,15-16,19-20,22,26H,3,9-14,17-18H2,1-2,4H3,(H,33,35,36). The summed E-state index contributed by atoms with van der Waals surface area (Å²) in [7, 11) is 2.11. The van der Waals surface area contributed by atoms with Gasteiger partial charge in [-0.05, 0) is 68.1 Å². The van der Waals surface area contributed by atoms with E-state index in [1.165, 1.54) is 0 Å². The molecule has 0 spiro atoms. The molecule has 9 nitrogen and oxygen atoms in total. The van der Waals surface area contributed by atoms with Crippen molar-refractivity contribution in [3.63, 3.8) is 0 Å². The van der Waals surface area contributed by atoms with Gasteiger partial charge in [0.15, 0.2) is 0 Å². The molecule has 42 heavy (non-hydrogen) atoms. The third kappa shape index (κ3) is 6.11. The van der Waals surface area contributed by atoms with E-state index in [-0.39, 0.29) is 17.6 Å². The van der Waals surface area contributed by atoms with Crippen LogP contribution in [0.25, 0.3) is 16.6 Å². The van der Waals surface area contributed by atoms with Crippen molar-refractivity contribution in [1.29, 1.82) is 0 Å². The molecule has 2 saturated heterocycles. The van der Waals surface area contributed by atoms with Crippen LogP contribution < -0.4 is 15.6 Å². The third-order valence-corrected chi connectivity index (χ3v) is 9.05. The highest BCUT2D eigenvalue weighted by molar-refractivity contribution is 7.09. The van der Waals surface area contributed by atoms with Crippen molar-refractivity contribution in [2.24, 2.45) is 5.92 Å². The lowest BCUT2D eigenvalue weighted by Crippen LogP contribution is -2.26. The van der Waals surface area contributed by atoms with Gasteiger partial charge in [-0.15, -0.1) is 11.3 Å². The van der Waals surface area contributed by atoms with Crippen molar-refractivity contribution in [3.05, 3.63) is 75.1 Å². The van der Waals surface area contributed by atoms with E-state index in [1.807, 2.05) is 35.8 Å². The summed E-state index contributed by atoms with van der Waals surface area (Å²) >= 11 is 1.59. The van der Waals surface area contributed by atoms with Crippen LogP contribution in [0.4, 0.5) is 11.6 Å². The second-order valence-corrected chi connectivity index (χ2v) is 12.5. The minimum Gasteiger partial charge on any atom is -0.489 e. The highest BCUT2D eigenvalue weighted by Crippen LogP contribution is 2.32. The van der Waals surface area contributed by atoms with Gasteiger partial charge in [0.25, 0.3) is 5.56 Å². The van der Waals surface area contributed by atoms with Crippen molar-refractivity contribution in [2.75, 3.05) is 38.7 Å². The number of ether oxygens (including phenoxy) is 2. The van der Waals surface area contributed by atoms with Crippen molar-refractivity contribution in [1.82, 2.24) is 24.4 Å². The van der Waals surface area contributed by atoms with Gasteiger partial charge in [-0.25, -0.2) is 9.97 Å². The number of nitrogens with zero attached hydrogens (tertiary/aromatic N) is 5. The zero-order valence-corrected chi connectivity index (χ0v) is 25.3. The van der Waals surface area contributed by atoms with Crippen LogP contribution in [0.3, 0.4) is 0 Å². The molecule has 0 amide bonds. The largest absolute Gasteiger partial charge is 0.489 e. The number of fused-ring (bicyclic) bond motifs is 1. The number of rotatable bonds is 9. The Hall–Kier alpha value is -3.60. The van der Waals surface area contributed by atoms with Crippen molar-refractivity contribution < 1.29 is 9.47 Å². The molecule has 220 valence electrons. The van der Waals surface area contributed by atoms with Gasteiger partial charge >= 0.3 is 0 Å². The smallest absolute Gasteiger partial charge is 0.260 e. The molecule has 1 aromatic carbocycles. The normalized spacial score (nSPS) is 18.1. The van der Waals surface area contributed by atoms with Gasteiger partial charge in [0.05, 0.1) is 17.7 Å². The lowest BCUT2D eigenvalue weighted by molar-refractivity contribution is 0.0844. The van der Waals surface area contributed by atoms with Crippen LogP contribution >= 0.6 is 11.3 Å². The molecular formula is C32H38N6O3S. The number of likely N-dealkylation sites (tertiary alicyclic amines) is 1. The third-order valence-electron chi connectivity index (χ3n) is 8.21. The highest BCUT2D eigenvalue weighted by atomic mass is 32.1. The maximum atomic E-state index is 14.0. The Kier molecular flexibility index (Phi) is 8.37.